The molecule has 2 aromatic carbocycles. The second kappa shape index (κ2) is 14.3. The fourth-order valence-electron chi connectivity index (χ4n) is 7.91. The molecule has 11 heteroatoms. The predicted molar refractivity (Wildman–Crippen MR) is 194 cm³/mol. The highest BCUT2D eigenvalue weighted by Gasteiger charge is 2.47. The molecule has 2 aliphatic heterocycles. The van der Waals surface area contributed by atoms with Crippen molar-refractivity contribution in [3.8, 4) is 45.4 Å². The first kappa shape index (κ1) is 34.4. The highest BCUT2D eigenvalue weighted by Crippen LogP contribution is 2.45. The summed E-state index contributed by atoms with van der Waals surface area (Å²) in [6.07, 6.45) is 4.90. The topological polar surface area (TPSA) is 105 Å². The van der Waals surface area contributed by atoms with E-state index in [2.05, 4.69) is 4.90 Å². The molecule has 9 nitrogen and oxygen atoms in total. The molecular formula is C39H40Cl2N4O5. The average molecular weight is 716 g/mol. The molecule has 1 atom stereocenters. The minimum atomic E-state index is -0.800. The molecule has 0 bridgehead atoms. The van der Waals surface area contributed by atoms with E-state index in [9.17, 15) is 14.7 Å². The molecule has 2 saturated heterocycles. The molecule has 1 saturated carbocycles. The van der Waals surface area contributed by atoms with Crippen molar-refractivity contribution in [1.82, 2.24) is 19.8 Å². The summed E-state index contributed by atoms with van der Waals surface area (Å²) in [4.78, 5) is 37.7. The van der Waals surface area contributed by atoms with Gasteiger partial charge in [0.25, 0.3) is 0 Å². The molecule has 1 spiro atoms. The van der Waals surface area contributed by atoms with Gasteiger partial charge in [0.05, 0.1) is 35.7 Å². The van der Waals surface area contributed by atoms with Gasteiger partial charge in [-0.05, 0) is 37.9 Å². The number of ketones is 1. The Bertz CT molecular complexity index is 1950. The third kappa shape index (κ3) is 6.72. The molecule has 0 unspecified atom stereocenters. The van der Waals surface area contributed by atoms with Crippen LogP contribution in [0.3, 0.4) is 0 Å². The van der Waals surface area contributed by atoms with Crippen molar-refractivity contribution in [2.75, 3.05) is 33.9 Å². The van der Waals surface area contributed by atoms with E-state index >= 15 is 0 Å². The quantitative estimate of drug-likeness (QED) is 0.176. The number of hydrogen-bond donors (Lipinski definition) is 1. The Kier molecular flexibility index (Phi) is 9.85. The number of carboxylic acid groups (broad SMARTS) is 1. The number of methoxy groups -OCH3 is 2. The van der Waals surface area contributed by atoms with Crippen molar-refractivity contribution in [3.05, 3.63) is 81.8 Å². The summed E-state index contributed by atoms with van der Waals surface area (Å²) in [5.41, 5.74) is 6.27. The van der Waals surface area contributed by atoms with E-state index in [-0.39, 0.29) is 5.41 Å². The number of rotatable bonds is 10. The summed E-state index contributed by atoms with van der Waals surface area (Å²) in [5, 5.41) is 10.7. The fourth-order valence-corrected chi connectivity index (χ4v) is 8.56. The van der Waals surface area contributed by atoms with Crippen molar-refractivity contribution >= 4 is 35.0 Å². The number of likely N-dealkylation sites (tertiary alicyclic amines) is 2. The molecule has 1 N–H and O–H groups in total. The van der Waals surface area contributed by atoms with Crippen LogP contribution in [-0.2, 0) is 22.7 Å². The Morgan fingerprint density at radius 1 is 0.840 bits per heavy atom. The van der Waals surface area contributed by atoms with Crippen LogP contribution in [0.5, 0.6) is 11.8 Å². The van der Waals surface area contributed by atoms with Gasteiger partial charge in [0, 0.05) is 77.8 Å². The number of pyridine rings is 2. The van der Waals surface area contributed by atoms with E-state index in [1.165, 1.54) is 0 Å². The average Bonchev–Trinajstić information content (AvgIpc) is 3.50. The van der Waals surface area contributed by atoms with Crippen LogP contribution in [0.15, 0.2) is 60.7 Å². The normalized spacial score (nSPS) is 19.0. The number of hydrogen-bond acceptors (Lipinski definition) is 8. The van der Waals surface area contributed by atoms with E-state index in [0.29, 0.717) is 77.9 Å². The van der Waals surface area contributed by atoms with E-state index in [1.54, 1.807) is 14.2 Å². The van der Waals surface area contributed by atoms with Gasteiger partial charge in [-0.1, -0.05) is 78.2 Å². The molecule has 50 heavy (non-hydrogen) atoms. The standard InChI is InChI=1S/C39H40Cl2N4O5/c1-49-36-24(20-44-22-39(23-44)17-16-26(46)19-39)12-14-31(42-36)29-9-5-7-27(34(29)40)28-8-6-10-30(35(28)41)32-15-13-25(37(43-32)50-2)21-45-18-4-3-11-33(45)38(47)48/h5-10,12-15,33H,3-4,11,16-23H2,1-2H3,(H,47,48)/t33-/m0/s1. The minimum Gasteiger partial charge on any atom is -0.481 e. The smallest absolute Gasteiger partial charge is 0.320 e. The zero-order chi connectivity index (χ0) is 35.0. The van der Waals surface area contributed by atoms with Gasteiger partial charge in [-0.25, -0.2) is 9.97 Å². The number of nitrogens with zero attached hydrogens (tertiary/aromatic N) is 4. The van der Waals surface area contributed by atoms with Gasteiger partial charge in [-0.3, -0.25) is 19.4 Å². The zero-order valence-electron chi connectivity index (χ0n) is 28.3. The van der Waals surface area contributed by atoms with Gasteiger partial charge in [-0.2, -0.15) is 0 Å². The number of aliphatic carboxylic acids is 1. The van der Waals surface area contributed by atoms with Crippen LogP contribution < -0.4 is 9.47 Å². The highest BCUT2D eigenvalue weighted by molar-refractivity contribution is 6.39. The number of Topliss-reactive ketones (excluding diaryl/α,β-unsaturated/α-hetero) is 1. The monoisotopic (exact) mass is 714 g/mol. The van der Waals surface area contributed by atoms with Gasteiger partial charge >= 0.3 is 5.97 Å². The molecule has 2 aromatic heterocycles. The van der Waals surface area contributed by atoms with Crippen LogP contribution in [-0.4, -0.2) is 76.5 Å². The van der Waals surface area contributed by atoms with Crippen molar-refractivity contribution in [2.24, 2.45) is 5.41 Å². The molecule has 7 rings (SSSR count). The van der Waals surface area contributed by atoms with Gasteiger partial charge in [0.1, 0.15) is 11.8 Å². The fraction of sp³-hybridized carbons (Fsp3) is 0.385. The molecular weight excluding hydrogens is 675 g/mol. The Hall–Kier alpha value is -4.02. The molecule has 4 heterocycles. The van der Waals surface area contributed by atoms with Crippen molar-refractivity contribution in [3.63, 3.8) is 0 Å². The zero-order valence-corrected chi connectivity index (χ0v) is 29.8. The molecule has 0 radical (unpaired) electrons. The molecule has 4 aromatic rings. The summed E-state index contributed by atoms with van der Waals surface area (Å²) >= 11 is 14.2. The van der Waals surface area contributed by atoms with E-state index in [4.69, 9.17) is 42.6 Å². The SMILES string of the molecule is COc1nc(-c2cccc(-c3cccc(-c4ccc(CN5CCCC[C@H]5C(=O)O)c(OC)n4)c3Cl)c2Cl)ccc1CN1CC2(CCC(=O)C2)C1. The highest BCUT2D eigenvalue weighted by atomic mass is 35.5. The summed E-state index contributed by atoms with van der Waals surface area (Å²) in [7, 11) is 3.20. The van der Waals surface area contributed by atoms with E-state index < -0.39 is 12.0 Å². The van der Waals surface area contributed by atoms with Crippen LogP contribution in [0, 0.1) is 5.41 Å². The lowest BCUT2D eigenvalue weighted by molar-refractivity contribution is -0.144. The van der Waals surface area contributed by atoms with E-state index in [1.807, 2.05) is 65.6 Å². The molecule has 1 aliphatic carbocycles. The number of carbonyl (C=O) groups is 2. The van der Waals surface area contributed by atoms with E-state index in [0.717, 1.165) is 65.7 Å². The molecule has 260 valence electrons. The molecule has 3 aliphatic rings. The summed E-state index contributed by atoms with van der Waals surface area (Å²) in [5.74, 6) is 0.568. The Balaban J connectivity index is 1.13. The number of halogens is 2. The largest absolute Gasteiger partial charge is 0.481 e. The van der Waals surface area contributed by atoms with Gasteiger partial charge in [-0.15, -0.1) is 0 Å². The molecule has 3 fully saturated rings. The Morgan fingerprint density at radius 3 is 1.92 bits per heavy atom. The Morgan fingerprint density at radius 2 is 1.40 bits per heavy atom. The third-order valence-electron chi connectivity index (χ3n) is 10.4. The second-order valence-corrected chi connectivity index (χ2v) is 14.5. The first-order valence-corrected chi connectivity index (χ1v) is 17.8. The van der Waals surface area contributed by atoms with Gasteiger partial charge < -0.3 is 14.6 Å². The van der Waals surface area contributed by atoms with Crippen LogP contribution in [0.4, 0.5) is 0 Å². The van der Waals surface area contributed by atoms with Gasteiger partial charge in [0.15, 0.2) is 0 Å². The lowest BCUT2D eigenvalue weighted by Gasteiger charge is -2.48. The van der Waals surface area contributed by atoms with Crippen LogP contribution in [0.2, 0.25) is 10.0 Å². The third-order valence-corrected chi connectivity index (χ3v) is 11.2. The lowest BCUT2D eigenvalue weighted by Crippen LogP contribution is -2.54. The number of carboxylic acids is 1. The number of ether oxygens (including phenoxy) is 2. The van der Waals surface area contributed by atoms with Gasteiger partial charge in [0.2, 0.25) is 11.8 Å². The lowest BCUT2D eigenvalue weighted by atomic mass is 9.78. The number of carbonyl (C=O) groups excluding carboxylic acids is 1. The second-order valence-electron chi connectivity index (χ2n) is 13.7. The number of benzene rings is 2. The number of aromatic nitrogens is 2. The van der Waals surface area contributed by atoms with Crippen molar-refractivity contribution < 1.29 is 24.2 Å². The first-order chi connectivity index (χ1) is 24.2. The maximum atomic E-state index is 11.9. The summed E-state index contributed by atoms with van der Waals surface area (Å²) < 4.78 is 11.4. The van der Waals surface area contributed by atoms with Crippen LogP contribution >= 0.6 is 23.2 Å². The predicted octanol–water partition coefficient (Wildman–Crippen LogP) is 7.80. The minimum absolute atomic E-state index is 0.163. The van der Waals surface area contributed by atoms with Crippen LogP contribution in [0.25, 0.3) is 33.6 Å². The Labute approximate surface area is 302 Å². The first-order valence-electron chi connectivity index (χ1n) is 17.1. The summed E-state index contributed by atoms with van der Waals surface area (Å²) in [6, 6.07) is 18.9. The number of piperidine rings is 1. The summed E-state index contributed by atoms with van der Waals surface area (Å²) in [6.45, 7) is 3.71. The molecule has 0 amide bonds. The van der Waals surface area contributed by atoms with Crippen molar-refractivity contribution in [1.29, 1.82) is 0 Å². The maximum absolute atomic E-state index is 11.9. The maximum Gasteiger partial charge on any atom is 0.320 e. The van der Waals surface area contributed by atoms with Crippen LogP contribution in [0.1, 0.15) is 49.7 Å². The van der Waals surface area contributed by atoms with Crippen molar-refractivity contribution in [2.45, 2.75) is 57.7 Å².